The number of nitrogens with zero attached hydrogens (tertiary/aromatic N) is 3. The third-order valence-electron chi connectivity index (χ3n) is 4.09. The molecule has 1 N–H and O–H groups in total. The lowest BCUT2D eigenvalue weighted by Gasteiger charge is -2.27. The van der Waals surface area contributed by atoms with Crippen LogP contribution >= 0.6 is 0 Å². The fourth-order valence-corrected chi connectivity index (χ4v) is 2.79. The van der Waals surface area contributed by atoms with Crippen molar-refractivity contribution in [2.24, 2.45) is 0 Å². The highest BCUT2D eigenvalue weighted by atomic mass is 16.2. The molecule has 2 heterocycles. The molecule has 0 saturated carbocycles. The molecule has 22 heavy (non-hydrogen) atoms. The number of carbonyl (C=O) groups is 1. The van der Waals surface area contributed by atoms with Gasteiger partial charge in [0, 0.05) is 39.1 Å². The molecule has 1 aromatic heterocycles. The van der Waals surface area contributed by atoms with E-state index in [1.807, 2.05) is 24.0 Å². The molecule has 3 rings (SSSR count). The van der Waals surface area contributed by atoms with Gasteiger partial charge in [-0.25, -0.2) is 4.98 Å². The van der Waals surface area contributed by atoms with Gasteiger partial charge in [0.2, 0.25) is 5.91 Å². The van der Waals surface area contributed by atoms with Gasteiger partial charge in [-0.2, -0.15) is 0 Å². The van der Waals surface area contributed by atoms with Crippen LogP contribution in [0.1, 0.15) is 12.0 Å². The van der Waals surface area contributed by atoms with Gasteiger partial charge in [0.15, 0.2) is 0 Å². The van der Waals surface area contributed by atoms with Crippen LogP contribution < -0.4 is 10.9 Å². The third kappa shape index (κ3) is 2.87. The minimum atomic E-state index is -0.0817. The molecule has 1 aromatic carbocycles. The zero-order chi connectivity index (χ0) is 15.5. The zero-order valence-corrected chi connectivity index (χ0v) is 12.7. The van der Waals surface area contributed by atoms with E-state index in [4.69, 9.17) is 0 Å². The van der Waals surface area contributed by atoms with Crippen LogP contribution in [0.2, 0.25) is 0 Å². The SMILES string of the molecule is Cc1cccc2c(=O)n(CCC(=O)N3CCNCC3)cnc12. The number of para-hydroxylation sites is 1. The lowest BCUT2D eigenvalue weighted by molar-refractivity contribution is -0.132. The summed E-state index contributed by atoms with van der Waals surface area (Å²) in [4.78, 5) is 30.8. The maximum absolute atomic E-state index is 12.5. The number of hydrogen-bond donors (Lipinski definition) is 1. The molecule has 0 radical (unpaired) electrons. The van der Waals surface area contributed by atoms with E-state index in [-0.39, 0.29) is 11.5 Å². The van der Waals surface area contributed by atoms with E-state index in [0.717, 1.165) is 37.3 Å². The molecule has 0 atom stereocenters. The van der Waals surface area contributed by atoms with E-state index in [9.17, 15) is 9.59 Å². The summed E-state index contributed by atoms with van der Waals surface area (Å²) in [6.07, 6.45) is 1.88. The van der Waals surface area contributed by atoms with Crippen molar-refractivity contribution >= 4 is 16.8 Å². The molecule has 2 aromatic rings. The van der Waals surface area contributed by atoms with Crippen LogP contribution in [0.5, 0.6) is 0 Å². The average molecular weight is 300 g/mol. The molecular weight excluding hydrogens is 280 g/mol. The Labute approximate surface area is 128 Å². The largest absolute Gasteiger partial charge is 0.340 e. The maximum atomic E-state index is 12.5. The zero-order valence-electron chi connectivity index (χ0n) is 12.7. The summed E-state index contributed by atoms with van der Waals surface area (Å²) in [5, 5.41) is 3.83. The van der Waals surface area contributed by atoms with E-state index in [1.165, 1.54) is 4.57 Å². The van der Waals surface area contributed by atoms with E-state index in [1.54, 1.807) is 12.4 Å². The number of carbonyl (C=O) groups excluding carboxylic acids is 1. The Morgan fingerprint density at radius 1 is 1.32 bits per heavy atom. The van der Waals surface area contributed by atoms with Crippen molar-refractivity contribution in [2.45, 2.75) is 19.9 Å². The van der Waals surface area contributed by atoms with Crippen LogP contribution in [0.25, 0.3) is 10.9 Å². The predicted molar refractivity (Wildman–Crippen MR) is 84.8 cm³/mol. The molecule has 1 aliphatic rings. The van der Waals surface area contributed by atoms with Gasteiger partial charge in [0.05, 0.1) is 17.2 Å². The topological polar surface area (TPSA) is 67.2 Å². The Morgan fingerprint density at radius 2 is 2.09 bits per heavy atom. The Balaban J connectivity index is 1.75. The van der Waals surface area contributed by atoms with Gasteiger partial charge in [0.25, 0.3) is 5.56 Å². The molecule has 6 nitrogen and oxygen atoms in total. The van der Waals surface area contributed by atoms with Crippen LogP contribution in [0.3, 0.4) is 0 Å². The highest BCUT2D eigenvalue weighted by Crippen LogP contribution is 2.11. The fourth-order valence-electron chi connectivity index (χ4n) is 2.79. The van der Waals surface area contributed by atoms with Gasteiger partial charge in [0.1, 0.15) is 0 Å². The van der Waals surface area contributed by atoms with Crippen molar-refractivity contribution in [1.82, 2.24) is 19.8 Å². The second kappa shape index (κ2) is 6.27. The van der Waals surface area contributed by atoms with Crippen molar-refractivity contribution in [3.05, 3.63) is 40.4 Å². The summed E-state index contributed by atoms with van der Waals surface area (Å²) in [5.41, 5.74) is 1.64. The summed E-state index contributed by atoms with van der Waals surface area (Å²) in [7, 11) is 0. The van der Waals surface area contributed by atoms with Crippen LogP contribution in [0.4, 0.5) is 0 Å². The van der Waals surface area contributed by atoms with E-state index in [0.29, 0.717) is 18.4 Å². The number of rotatable bonds is 3. The van der Waals surface area contributed by atoms with Crippen LogP contribution in [-0.2, 0) is 11.3 Å². The minimum Gasteiger partial charge on any atom is -0.340 e. The standard InChI is InChI=1S/C16H20N4O2/c1-12-3-2-4-13-15(12)18-11-20(16(13)22)8-5-14(21)19-9-6-17-7-10-19/h2-4,11,17H,5-10H2,1H3. The van der Waals surface area contributed by atoms with Gasteiger partial charge in [-0.3, -0.25) is 14.2 Å². The molecule has 6 heteroatoms. The number of piperazine rings is 1. The normalized spacial score (nSPS) is 15.2. The number of benzene rings is 1. The lowest BCUT2D eigenvalue weighted by Crippen LogP contribution is -2.46. The summed E-state index contributed by atoms with van der Waals surface area (Å²) in [6.45, 7) is 5.46. The molecule has 0 aliphatic carbocycles. The highest BCUT2D eigenvalue weighted by molar-refractivity contribution is 5.80. The number of aromatic nitrogens is 2. The number of fused-ring (bicyclic) bond motifs is 1. The Kier molecular flexibility index (Phi) is 4.20. The van der Waals surface area contributed by atoms with Crippen molar-refractivity contribution < 1.29 is 4.79 Å². The van der Waals surface area contributed by atoms with E-state index >= 15 is 0 Å². The molecular formula is C16H20N4O2. The Bertz CT molecular complexity index is 747. The van der Waals surface area contributed by atoms with E-state index in [2.05, 4.69) is 10.3 Å². The van der Waals surface area contributed by atoms with Gasteiger partial charge in [-0.15, -0.1) is 0 Å². The third-order valence-corrected chi connectivity index (χ3v) is 4.09. The number of nitrogens with one attached hydrogen (secondary N) is 1. The molecule has 1 amide bonds. The van der Waals surface area contributed by atoms with Gasteiger partial charge >= 0.3 is 0 Å². The molecule has 116 valence electrons. The maximum Gasteiger partial charge on any atom is 0.261 e. The average Bonchev–Trinajstić information content (AvgIpc) is 2.55. The van der Waals surface area contributed by atoms with Crippen LogP contribution in [-0.4, -0.2) is 46.5 Å². The molecule has 1 fully saturated rings. The minimum absolute atomic E-state index is 0.0817. The highest BCUT2D eigenvalue weighted by Gasteiger charge is 2.16. The van der Waals surface area contributed by atoms with Gasteiger partial charge in [-0.1, -0.05) is 12.1 Å². The number of amides is 1. The first kappa shape index (κ1) is 14.7. The molecule has 1 saturated heterocycles. The Hall–Kier alpha value is -2.21. The summed E-state index contributed by atoms with van der Waals surface area (Å²) >= 11 is 0. The van der Waals surface area contributed by atoms with E-state index < -0.39 is 0 Å². The molecule has 1 aliphatic heterocycles. The first-order chi connectivity index (χ1) is 10.7. The van der Waals surface area contributed by atoms with Crippen molar-refractivity contribution in [2.75, 3.05) is 26.2 Å². The smallest absolute Gasteiger partial charge is 0.261 e. The summed E-state index contributed by atoms with van der Waals surface area (Å²) < 4.78 is 1.53. The first-order valence-corrected chi connectivity index (χ1v) is 7.60. The van der Waals surface area contributed by atoms with Gasteiger partial charge in [-0.05, 0) is 18.6 Å². The van der Waals surface area contributed by atoms with Crippen LogP contribution in [0.15, 0.2) is 29.3 Å². The fraction of sp³-hybridized carbons (Fsp3) is 0.438. The number of hydrogen-bond acceptors (Lipinski definition) is 4. The monoisotopic (exact) mass is 300 g/mol. The second-order valence-electron chi connectivity index (χ2n) is 5.59. The number of aryl methyl sites for hydroxylation is 2. The quantitative estimate of drug-likeness (QED) is 0.898. The molecule has 0 bridgehead atoms. The second-order valence-corrected chi connectivity index (χ2v) is 5.59. The van der Waals surface area contributed by atoms with Crippen LogP contribution in [0, 0.1) is 6.92 Å². The van der Waals surface area contributed by atoms with Crippen molar-refractivity contribution in [1.29, 1.82) is 0 Å². The predicted octanol–water partition coefficient (Wildman–Crippen LogP) is 0.527. The summed E-state index contributed by atoms with van der Waals surface area (Å²) in [6, 6.07) is 5.58. The first-order valence-electron chi connectivity index (χ1n) is 7.60. The molecule has 0 unspecified atom stereocenters. The molecule has 0 spiro atoms. The van der Waals surface area contributed by atoms with Gasteiger partial charge < -0.3 is 10.2 Å². The van der Waals surface area contributed by atoms with Crippen molar-refractivity contribution in [3.8, 4) is 0 Å². The Morgan fingerprint density at radius 3 is 2.86 bits per heavy atom. The van der Waals surface area contributed by atoms with Crippen molar-refractivity contribution in [3.63, 3.8) is 0 Å². The lowest BCUT2D eigenvalue weighted by atomic mass is 10.1. The summed E-state index contributed by atoms with van der Waals surface area (Å²) in [5.74, 6) is 0.0951.